The molecular weight excluding hydrogens is 420 g/mol. The molecule has 0 radical (unpaired) electrons. The van der Waals surface area contributed by atoms with E-state index in [9.17, 15) is 18.0 Å². The zero-order valence-corrected chi connectivity index (χ0v) is 18.0. The normalized spacial score (nSPS) is 18.8. The number of H-pyrrole nitrogens is 1. The molecule has 2 aromatic carbocycles. The number of hydrogen-bond donors (Lipinski definition) is 1. The predicted molar refractivity (Wildman–Crippen MR) is 113 cm³/mol. The van der Waals surface area contributed by atoms with Crippen LogP contribution in [0.4, 0.5) is 0 Å². The number of rotatable bonds is 2. The van der Waals surface area contributed by atoms with Gasteiger partial charge in [0.2, 0.25) is 10.0 Å². The fourth-order valence-electron chi connectivity index (χ4n) is 4.59. The molecule has 1 saturated heterocycles. The number of fused-ring (bicyclic) bond motifs is 2. The molecule has 1 aromatic heterocycles. The van der Waals surface area contributed by atoms with Gasteiger partial charge in [0.25, 0.3) is 0 Å². The minimum Gasteiger partial charge on any atom is -0.486 e. The summed E-state index contributed by atoms with van der Waals surface area (Å²) in [4.78, 5) is 26.8. The molecule has 2 aliphatic rings. The molecular formula is C22H22N2O6S. The number of carbonyl (C=O) groups is 1. The van der Waals surface area contributed by atoms with Crippen molar-refractivity contribution in [2.75, 3.05) is 13.1 Å². The van der Waals surface area contributed by atoms with Crippen LogP contribution in [0.1, 0.15) is 40.7 Å². The van der Waals surface area contributed by atoms with Crippen LogP contribution in [-0.4, -0.2) is 42.2 Å². The highest BCUT2D eigenvalue weighted by Crippen LogP contribution is 2.42. The van der Waals surface area contributed by atoms with E-state index in [1.807, 2.05) is 26.0 Å². The SMILES string of the molecule is Cc1cc(C)c2c(c1)C(=O)CC1(CCN(S(=O)(=O)c3ccc4[nH]c(=O)oc4c3)CC1)O2. The molecule has 0 saturated carbocycles. The van der Waals surface area contributed by atoms with E-state index in [0.29, 0.717) is 29.7 Å². The average molecular weight is 442 g/mol. The Morgan fingerprint density at radius 1 is 1.06 bits per heavy atom. The number of oxazole rings is 1. The molecule has 0 bridgehead atoms. The molecule has 1 fully saturated rings. The lowest BCUT2D eigenvalue weighted by atomic mass is 9.82. The third-order valence-corrected chi connectivity index (χ3v) is 8.08. The highest BCUT2D eigenvalue weighted by Gasteiger charge is 2.45. The molecule has 3 aromatic rings. The van der Waals surface area contributed by atoms with Gasteiger partial charge in [-0.25, -0.2) is 13.2 Å². The third kappa shape index (κ3) is 3.28. The number of nitrogens with zero attached hydrogens (tertiary/aromatic N) is 1. The molecule has 2 aliphatic heterocycles. The maximum Gasteiger partial charge on any atom is 0.417 e. The lowest BCUT2D eigenvalue weighted by molar-refractivity contribution is 0.00534. The van der Waals surface area contributed by atoms with Crippen LogP contribution in [0.25, 0.3) is 11.1 Å². The maximum atomic E-state index is 13.2. The van der Waals surface area contributed by atoms with Crippen molar-refractivity contribution in [3.63, 3.8) is 0 Å². The molecule has 5 rings (SSSR count). The van der Waals surface area contributed by atoms with Gasteiger partial charge in [0.15, 0.2) is 11.4 Å². The minimum atomic E-state index is -3.77. The van der Waals surface area contributed by atoms with Crippen molar-refractivity contribution in [1.29, 1.82) is 0 Å². The lowest BCUT2D eigenvalue weighted by Gasteiger charge is -2.44. The van der Waals surface area contributed by atoms with Crippen LogP contribution in [0.15, 0.2) is 44.4 Å². The number of sulfonamides is 1. The van der Waals surface area contributed by atoms with Crippen molar-refractivity contribution in [2.45, 2.75) is 43.6 Å². The van der Waals surface area contributed by atoms with Crippen molar-refractivity contribution in [2.24, 2.45) is 0 Å². The number of aromatic nitrogens is 1. The molecule has 9 heteroatoms. The number of piperidine rings is 1. The van der Waals surface area contributed by atoms with Gasteiger partial charge in [-0.05, 0) is 43.2 Å². The Morgan fingerprint density at radius 3 is 2.55 bits per heavy atom. The van der Waals surface area contributed by atoms with Crippen LogP contribution in [0.5, 0.6) is 5.75 Å². The summed E-state index contributed by atoms with van der Waals surface area (Å²) in [5, 5.41) is 0. The van der Waals surface area contributed by atoms with E-state index in [1.165, 1.54) is 22.5 Å². The first kappa shape index (κ1) is 20.0. The molecule has 0 amide bonds. The zero-order valence-electron chi connectivity index (χ0n) is 17.2. The van der Waals surface area contributed by atoms with Gasteiger partial charge in [-0.15, -0.1) is 0 Å². The summed E-state index contributed by atoms with van der Waals surface area (Å²) >= 11 is 0. The van der Waals surface area contributed by atoms with Crippen molar-refractivity contribution in [1.82, 2.24) is 9.29 Å². The summed E-state index contributed by atoms with van der Waals surface area (Å²) in [6.45, 7) is 4.35. The summed E-state index contributed by atoms with van der Waals surface area (Å²) in [5.74, 6) is 0.0257. The van der Waals surface area contributed by atoms with Gasteiger partial charge in [0, 0.05) is 32.0 Å². The molecule has 31 heavy (non-hydrogen) atoms. The van der Waals surface area contributed by atoms with Gasteiger partial charge in [-0.3, -0.25) is 9.78 Å². The zero-order chi connectivity index (χ0) is 22.0. The predicted octanol–water partition coefficient (Wildman–Crippen LogP) is 2.93. The highest BCUT2D eigenvalue weighted by molar-refractivity contribution is 7.89. The van der Waals surface area contributed by atoms with Gasteiger partial charge in [-0.1, -0.05) is 6.07 Å². The molecule has 0 unspecified atom stereocenters. The Hall–Kier alpha value is -2.91. The first-order valence-electron chi connectivity index (χ1n) is 10.1. The second-order valence-electron chi connectivity index (χ2n) is 8.42. The number of benzene rings is 2. The smallest absolute Gasteiger partial charge is 0.417 e. The summed E-state index contributed by atoms with van der Waals surface area (Å²) in [7, 11) is -3.77. The average Bonchev–Trinajstić information content (AvgIpc) is 3.09. The summed E-state index contributed by atoms with van der Waals surface area (Å²) in [5.41, 5.74) is 2.50. The Balaban J connectivity index is 1.39. The van der Waals surface area contributed by atoms with Gasteiger partial charge in [0.1, 0.15) is 11.4 Å². The summed E-state index contributed by atoms with van der Waals surface area (Å²) in [6.07, 6.45) is 1.09. The van der Waals surface area contributed by atoms with E-state index < -0.39 is 21.4 Å². The second kappa shape index (κ2) is 6.80. The number of ketones is 1. The third-order valence-electron chi connectivity index (χ3n) is 6.18. The standard InChI is InChI=1S/C22H22N2O6S/c1-13-9-14(2)20-16(10-13)18(25)12-22(30-20)5-7-24(8-6-22)31(27,28)15-3-4-17-19(11-15)29-21(26)23-17/h3-4,9-11H,5-8,12H2,1-2H3,(H,23,26). The van der Waals surface area contributed by atoms with Gasteiger partial charge in [-0.2, -0.15) is 4.31 Å². The summed E-state index contributed by atoms with van der Waals surface area (Å²) in [6, 6.07) is 8.17. The second-order valence-corrected chi connectivity index (χ2v) is 10.4. The lowest BCUT2D eigenvalue weighted by Crippen LogP contribution is -2.52. The molecule has 1 spiro atoms. The van der Waals surface area contributed by atoms with Crippen molar-refractivity contribution in [3.05, 3.63) is 57.6 Å². The number of aryl methyl sites for hydroxylation is 2. The fraction of sp³-hybridized carbons (Fsp3) is 0.364. The van der Waals surface area contributed by atoms with Gasteiger partial charge < -0.3 is 9.15 Å². The Labute approximate surface area is 178 Å². The number of nitrogens with one attached hydrogen (secondary N) is 1. The molecule has 162 valence electrons. The van der Waals surface area contributed by atoms with Crippen molar-refractivity contribution in [3.8, 4) is 5.75 Å². The van der Waals surface area contributed by atoms with E-state index in [2.05, 4.69) is 4.98 Å². The van der Waals surface area contributed by atoms with E-state index in [4.69, 9.17) is 9.15 Å². The fourth-order valence-corrected chi connectivity index (χ4v) is 6.04. The minimum absolute atomic E-state index is 0.0392. The molecule has 1 N–H and O–H groups in total. The van der Waals surface area contributed by atoms with Crippen LogP contribution in [0.3, 0.4) is 0 Å². The quantitative estimate of drug-likeness (QED) is 0.654. The van der Waals surface area contributed by atoms with E-state index in [-0.39, 0.29) is 35.8 Å². The largest absolute Gasteiger partial charge is 0.486 e. The van der Waals surface area contributed by atoms with E-state index >= 15 is 0 Å². The number of Topliss-reactive ketones (excluding diaryl/α,β-unsaturated/α-hetero) is 1. The number of hydrogen-bond acceptors (Lipinski definition) is 6. The van der Waals surface area contributed by atoms with Gasteiger partial charge in [0.05, 0.1) is 22.4 Å². The first-order valence-corrected chi connectivity index (χ1v) is 11.6. The van der Waals surface area contributed by atoms with Crippen LogP contribution in [-0.2, 0) is 10.0 Å². The summed E-state index contributed by atoms with van der Waals surface area (Å²) < 4.78 is 39.0. The van der Waals surface area contributed by atoms with Crippen LogP contribution in [0.2, 0.25) is 0 Å². The molecule has 0 atom stereocenters. The maximum absolute atomic E-state index is 13.2. The Morgan fingerprint density at radius 2 is 1.81 bits per heavy atom. The number of aromatic amines is 1. The number of carbonyl (C=O) groups excluding carboxylic acids is 1. The van der Waals surface area contributed by atoms with E-state index in [1.54, 1.807) is 0 Å². The topological polar surface area (TPSA) is 110 Å². The Kier molecular flexibility index (Phi) is 4.39. The van der Waals surface area contributed by atoms with Crippen LogP contribution >= 0.6 is 0 Å². The molecule has 0 aliphatic carbocycles. The Bertz CT molecular complexity index is 1380. The van der Waals surface area contributed by atoms with E-state index in [0.717, 1.165) is 11.1 Å². The van der Waals surface area contributed by atoms with Crippen LogP contribution in [0, 0.1) is 13.8 Å². The highest BCUT2D eigenvalue weighted by atomic mass is 32.2. The van der Waals surface area contributed by atoms with Crippen LogP contribution < -0.4 is 10.5 Å². The van der Waals surface area contributed by atoms with Crippen molar-refractivity contribution >= 4 is 26.9 Å². The van der Waals surface area contributed by atoms with Crippen molar-refractivity contribution < 1.29 is 22.4 Å². The molecule has 8 nitrogen and oxygen atoms in total. The monoisotopic (exact) mass is 442 g/mol. The first-order chi connectivity index (χ1) is 14.7. The van der Waals surface area contributed by atoms with Gasteiger partial charge >= 0.3 is 5.76 Å². The number of ether oxygens (including phenoxy) is 1. The molecule has 3 heterocycles.